The van der Waals surface area contributed by atoms with Gasteiger partial charge >= 0.3 is 0 Å². The number of methoxy groups -OCH3 is 1. The first kappa shape index (κ1) is 17.1. The molecule has 1 fully saturated rings. The Morgan fingerprint density at radius 2 is 2.12 bits per heavy atom. The van der Waals surface area contributed by atoms with E-state index in [2.05, 4.69) is 41.2 Å². The summed E-state index contributed by atoms with van der Waals surface area (Å²) in [6, 6.07) is 10.4. The number of nitrogens with zero attached hydrogens (tertiary/aromatic N) is 3. The zero-order valence-electron chi connectivity index (χ0n) is 14.6. The van der Waals surface area contributed by atoms with Crippen LogP contribution in [0.15, 0.2) is 42.7 Å². The van der Waals surface area contributed by atoms with Crippen molar-refractivity contribution >= 4 is 0 Å². The predicted octanol–water partition coefficient (Wildman–Crippen LogP) is 2.48. The second-order valence-electron chi connectivity index (χ2n) is 6.85. The van der Waals surface area contributed by atoms with Gasteiger partial charge in [0.25, 0.3) is 0 Å². The Kier molecular flexibility index (Phi) is 5.33. The van der Waals surface area contributed by atoms with Crippen molar-refractivity contribution in [3.8, 4) is 5.69 Å². The van der Waals surface area contributed by atoms with E-state index >= 15 is 0 Å². The number of hydrogen-bond donors (Lipinski definition) is 1. The molecule has 0 spiro atoms. The van der Waals surface area contributed by atoms with E-state index in [4.69, 9.17) is 4.74 Å². The van der Waals surface area contributed by atoms with Crippen LogP contribution in [0.3, 0.4) is 0 Å². The SMILES string of the molecule is COCCC1(O)CCN(Cc2ccc(-n3cccn3)cc2)CC1C. The largest absolute Gasteiger partial charge is 0.389 e. The zero-order valence-corrected chi connectivity index (χ0v) is 14.6. The molecule has 2 heterocycles. The smallest absolute Gasteiger partial charge is 0.0719 e. The first-order valence-corrected chi connectivity index (χ1v) is 8.63. The molecule has 24 heavy (non-hydrogen) atoms. The second kappa shape index (κ2) is 7.47. The van der Waals surface area contributed by atoms with Crippen molar-refractivity contribution in [1.29, 1.82) is 0 Å². The van der Waals surface area contributed by atoms with Crippen LogP contribution in [0.2, 0.25) is 0 Å². The molecule has 1 aromatic heterocycles. The average Bonchev–Trinajstić information content (AvgIpc) is 3.12. The number of ether oxygens (including phenoxy) is 1. The summed E-state index contributed by atoms with van der Waals surface area (Å²) in [4.78, 5) is 2.43. The fraction of sp³-hybridized carbons (Fsp3) is 0.526. The molecule has 0 saturated carbocycles. The molecule has 1 saturated heterocycles. The summed E-state index contributed by atoms with van der Waals surface area (Å²) in [6.45, 7) is 5.52. The molecule has 0 radical (unpaired) electrons. The van der Waals surface area contributed by atoms with Crippen molar-refractivity contribution in [3.63, 3.8) is 0 Å². The number of aromatic nitrogens is 2. The Morgan fingerprint density at radius 3 is 2.75 bits per heavy atom. The summed E-state index contributed by atoms with van der Waals surface area (Å²) >= 11 is 0. The molecule has 130 valence electrons. The van der Waals surface area contributed by atoms with Gasteiger partial charge in [-0.15, -0.1) is 0 Å². The Morgan fingerprint density at radius 1 is 1.33 bits per heavy atom. The van der Waals surface area contributed by atoms with E-state index in [9.17, 15) is 5.11 Å². The third-order valence-electron chi connectivity index (χ3n) is 5.16. The van der Waals surface area contributed by atoms with Gasteiger partial charge in [-0.25, -0.2) is 4.68 Å². The number of piperidine rings is 1. The van der Waals surface area contributed by atoms with Gasteiger partial charge in [0, 0.05) is 45.7 Å². The van der Waals surface area contributed by atoms with Gasteiger partial charge in [0.1, 0.15) is 0 Å². The number of benzene rings is 1. The van der Waals surface area contributed by atoms with E-state index in [1.54, 1.807) is 13.3 Å². The van der Waals surface area contributed by atoms with Crippen LogP contribution >= 0.6 is 0 Å². The second-order valence-corrected chi connectivity index (χ2v) is 6.85. The number of hydrogen-bond acceptors (Lipinski definition) is 4. The van der Waals surface area contributed by atoms with Crippen molar-refractivity contribution in [2.24, 2.45) is 5.92 Å². The van der Waals surface area contributed by atoms with Crippen LogP contribution in [0.1, 0.15) is 25.3 Å². The first-order valence-electron chi connectivity index (χ1n) is 8.63. The van der Waals surface area contributed by atoms with E-state index in [-0.39, 0.29) is 5.92 Å². The topological polar surface area (TPSA) is 50.5 Å². The molecule has 1 aliphatic heterocycles. The summed E-state index contributed by atoms with van der Waals surface area (Å²) in [5, 5.41) is 15.0. The molecule has 3 rings (SSSR count). The first-order chi connectivity index (χ1) is 11.6. The molecule has 1 aliphatic rings. The van der Waals surface area contributed by atoms with Gasteiger partial charge in [-0.1, -0.05) is 19.1 Å². The lowest BCUT2D eigenvalue weighted by molar-refractivity contribution is -0.0827. The Bertz CT molecular complexity index is 627. The molecule has 0 amide bonds. The maximum Gasteiger partial charge on any atom is 0.0719 e. The normalized spacial score (nSPS) is 25.0. The quantitative estimate of drug-likeness (QED) is 0.884. The number of rotatable bonds is 6. The summed E-state index contributed by atoms with van der Waals surface area (Å²) < 4.78 is 7.01. The van der Waals surface area contributed by atoms with Gasteiger partial charge in [0.15, 0.2) is 0 Å². The average molecular weight is 329 g/mol. The van der Waals surface area contributed by atoms with Crippen LogP contribution < -0.4 is 0 Å². The lowest BCUT2D eigenvalue weighted by Gasteiger charge is -2.43. The van der Waals surface area contributed by atoms with Crippen LogP contribution in [-0.2, 0) is 11.3 Å². The minimum absolute atomic E-state index is 0.254. The maximum atomic E-state index is 10.8. The lowest BCUT2D eigenvalue weighted by atomic mass is 9.80. The molecule has 1 aromatic carbocycles. The van der Waals surface area contributed by atoms with Crippen LogP contribution in [0.25, 0.3) is 5.69 Å². The van der Waals surface area contributed by atoms with Gasteiger partial charge in [0.05, 0.1) is 11.3 Å². The van der Waals surface area contributed by atoms with Crippen LogP contribution in [0.4, 0.5) is 0 Å². The van der Waals surface area contributed by atoms with Gasteiger partial charge in [0.2, 0.25) is 0 Å². The Balaban J connectivity index is 1.57. The zero-order chi connectivity index (χ0) is 17.0. The van der Waals surface area contributed by atoms with Gasteiger partial charge < -0.3 is 9.84 Å². The van der Waals surface area contributed by atoms with E-state index in [0.29, 0.717) is 6.61 Å². The molecule has 5 nitrogen and oxygen atoms in total. The third kappa shape index (κ3) is 3.86. The van der Waals surface area contributed by atoms with Gasteiger partial charge in [-0.05, 0) is 42.5 Å². The summed E-state index contributed by atoms with van der Waals surface area (Å²) in [5.74, 6) is 0.254. The fourth-order valence-electron chi connectivity index (χ4n) is 3.47. The van der Waals surface area contributed by atoms with Gasteiger partial charge in [-0.3, -0.25) is 4.90 Å². The van der Waals surface area contributed by atoms with Crippen molar-refractivity contribution in [2.75, 3.05) is 26.8 Å². The monoisotopic (exact) mass is 329 g/mol. The minimum Gasteiger partial charge on any atom is -0.389 e. The molecule has 5 heteroatoms. The fourth-order valence-corrected chi connectivity index (χ4v) is 3.47. The molecular formula is C19H27N3O2. The predicted molar refractivity (Wildman–Crippen MR) is 94.1 cm³/mol. The lowest BCUT2D eigenvalue weighted by Crippen LogP contribution is -2.51. The Hall–Kier alpha value is -1.69. The number of likely N-dealkylation sites (tertiary alicyclic amines) is 1. The standard InChI is InChI=1S/C19H27N3O2/c1-16-14-21(12-8-19(16,23)9-13-24-2)15-17-4-6-18(7-5-17)22-11-3-10-20-22/h3-7,10-11,16,23H,8-9,12-15H2,1-2H3. The van der Waals surface area contributed by atoms with Crippen molar-refractivity contribution < 1.29 is 9.84 Å². The van der Waals surface area contributed by atoms with Crippen molar-refractivity contribution in [2.45, 2.75) is 31.9 Å². The highest BCUT2D eigenvalue weighted by atomic mass is 16.5. The highest BCUT2D eigenvalue weighted by molar-refractivity contribution is 5.33. The van der Waals surface area contributed by atoms with Crippen molar-refractivity contribution in [1.82, 2.24) is 14.7 Å². The van der Waals surface area contributed by atoms with Crippen molar-refractivity contribution in [3.05, 3.63) is 48.3 Å². The molecule has 1 N–H and O–H groups in total. The highest BCUT2D eigenvalue weighted by Crippen LogP contribution is 2.31. The minimum atomic E-state index is -0.587. The molecular weight excluding hydrogens is 302 g/mol. The summed E-state index contributed by atoms with van der Waals surface area (Å²) in [5.41, 5.74) is 1.78. The van der Waals surface area contributed by atoms with E-state index in [1.807, 2.05) is 16.9 Å². The molecule has 0 aliphatic carbocycles. The number of aliphatic hydroxyl groups is 1. The molecule has 2 atom stereocenters. The third-order valence-corrected chi connectivity index (χ3v) is 5.16. The van der Waals surface area contributed by atoms with E-state index < -0.39 is 5.60 Å². The summed E-state index contributed by atoms with van der Waals surface area (Å²) in [7, 11) is 1.69. The molecule has 2 aromatic rings. The van der Waals surface area contributed by atoms with Gasteiger partial charge in [-0.2, -0.15) is 5.10 Å². The summed E-state index contributed by atoms with van der Waals surface area (Å²) in [6.07, 6.45) is 5.26. The van der Waals surface area contributed by atoms with Crippen LogP contribution in [-0.4, -0.2) is 52.2 Å². The Labute approximate surface area is 143 Å². The highest BCUT2D eigenvalue weighted by Gasteiger charge is 2.38. The van der Waals surface area contributed by atoms with E-state index in [1.165, 1.54) is 5.56 Å². The van der Waals surface area contributed by atoms with Crippen LogP contribution in [0, 0.1) is 5.92 Å². The molecule has 2 unspecified atom stereocenters. The van der Waals surface area contributed by atoms with Crippen LogP contribution in [0.5, 0.6) is 0 Å². The molecule has 0 bridgehead atoms. The van der Waals surface area contributed by atoms with E-state index in [0.717, 1.165) is 38.2 Å². The maximum absolute atomic E-state index is 10.8.